The number of fused-ring (bicyclic) bond motifs is 1. The second-order valence-electron chi connectivity index (χ2n) is 6.86. The summed E-state index contributed by atoms with van der Waals surface area (Å²) in [6.45, 7) is 6.90. The van der Waals surface area contributed by atoms with E-state index >= 15 is 0 Å². The molecule has 132 valence electrons. The first kappa shape index (κ1) is 16.1. The Labute approximate surface area is 147 Å². The first-order chi connectivity index (χ1) is 12.2. The van der Waals surface area contributed by atoms with E-state index in [-0.39, 0.29) is 5.91 Å². The molecule has 0 saturated carbocycles. The number of carbonyl (C=O) groups excluding carboxylic acids is 1. The third-order valence-electron chi connectivity index (χ3n) is 5.04. The number of nitrogens with one attached hydrogen (secondary N) is 1. The normalized spacial score (nSPS) is 17.9. The second kappa shape index (κ2) is 6.88. The molecule has 0 spiro atoms. The van der Waals surface area contributed by atoms with E-state index in [0.29, 0.717) is 0 Å². The van der Waals surface area contributed by atoms with E-state index in [1.54, 1.807) is 0 Å². The molecule has 4 rings (SSSR count). The predicted octanol–water partition coefficient (Wildman–Crippen LogP) is 2.30. The smallest absolute Gasteiger partial charge is 0.254 e. The average molecular weight is 340 g/mol. The summed E-state index contributed by atoms with van der Waals surface area (Å²) < 4.78 is 5.29. The minimum Gasteiger partial charge on any atom is -0.385 e. The Morgan fingerprint density at radius 2 is 2.12 bits per heavy atom. The van der Waals surface area contributed by atoms with E-state index in [4.69, 9.17) is 4.52 Å². The lowest BCUT2D eigenvalue weighted by molar-refractivity contribution is 0.0616. The Hall–Kier alpha value is -2.34. The molecule has 1 aromatic heterocycles. The molecule has 6 nitrogen and oxygen atoms in total. The second-order valence-corrected chi connectivity index (χ2v) is 6.86. The zero-order valence-corrected chi connectivity index (χ0v) is 14.6. The summed E-state index contributed by atoms with van der Waals surface area (Å²) >= 11 is 0. The van der Waals surface area contributed by atoms with Gasteiger partial charge < -0.3 is 14.7 Å². The molecular weight excluding hydrogens is 316 g/mol. The highest BCUT2D eigenvalue weighted by atomic mass is 16.5. The van der Waals surface area contributed by atoms with Crippen LogP contribution in [0.25, 0.3) is 0 Å². The summed E-state index contributed by atoms with van der Waals surface area (Å²) in [7, 11) is 0. The van der Waals surface area contributed by atoms with Crippen LogP contribution < -0.4 is 5.32 Å². The number of hydrogen-bond acceptors (Lipinski definition) is 5. The fourth-order valence-corrected chi connectivity index (χ4v) is 3.70. The van der Waals surface area contributed by atoms with Crippen LogP contribution >= 0.6 is 0 Å². The number of aromatic nitrogens is 1. The Bertz CT molecular complexity index is 763. The van der Waals surface area contributed by atoms with Gasteiger partial charge in [-0.25, -0.2) is 0 Å². The maximum Gasteiger partial charge on any atom is 0.254 e. The molecule has 0 bridgehead atoms. The van der Waals surface area contributed by atoms with Gasteiger partial charge in [-0.15, -0.1) is 0 Å². The monoisotopic (exact) mass is 340 g/mol. The lowest BCUT2D eigenvalue weighted by atomic mass is 9.96. The topological polar surface area (TPSA) is 61.6 Å². The van der Waals surface area contributed by atoms with Crippen molar-refractivity contribution in [2.75, 3.05) is 38.0 Å². The number of piperazine rings is 1. The van der Waals surface area contributed by atoms with Crippen LogP contribution in [0.3, 0.4) is 0 Å². The van der Waals surface area contributed by atoms with E-state index in [2.05, 4.69) is 21.4 Å². The van der Waals surface area contributed by atoms with Gasteiger partial charge in [0.25, 0.3) is 5.91 Å². The number of rotatable bonds is 3. The molecule has 0 aliphatic carbocycles. The lowest BCUT2D eigenvalue weighted by Crippen LogP contribution is -2.48. The Morgan fingerprint density at radius 3 is 2.88 bits per heavy atom. The summed E-state index contributed by atoms with van der Waals surface area (Å²) in [5.74, 6) is 1.05. The van der Waals surface area contributed by atoms with Crippen molar-refractivity contribution in [3.8, 4) is 0 Å². The molecular formula is C19H24N4O2. The van der Waals surface area contributed by atoms with Crippen LogP contribution in [0.4, 0.5) is 5.69 Å². The minimum absolute atomic E-state index is 0.163. The first-order valence-corrected chi connectivity index (χ1v) is 9.00. The molecule has 1 fully saturated rings. The molecule has 1 N–H and O–H groups in total. The fraction of sp³-hybridized carbons (Fsp3) is 0.474. The fourth-order valence-electron chi connectivity index (χ4n) is 3.70. The summed E-state index contributed by atoms with van der Waals surface area (Å²) in [4.78, 5) is 17.3. The van der Waals surface area contributed by atoms with Gasteiger partial charge in [0.1, 0.15) is 0 Å². The number of hydrogen-bond donors (Lipinski definition) is 1. The van der Waals surface area contributed by atoms with Crippen molar-refractivity contribution in [3.05, 3.63) is 46.8 Å². The highest BCUT2D eigenvalue weighted by molar-refractivity contribution is 5.97. The van der Waals surface area contributed by atoms with Crippen molar-refractivity contribution in [1.29, 1.82) is 0 Å². The van der Waals surface area contributed by atoms with Crippen molar-refractivity contribution >= 4 is 11.6 Å². The van der Waals surface area contributed by atoms with Crippen molar-refractivity contribution in [2.45, 2.75) is 26.3 Å². The highest BCUT2D eigenvalue weighted by Crippen LogP contribution is 2.26. The summed E-state index contributed by atoms with van der Waals surface area (Å²) in [5, 5.41) is 7.34. The Kier molecular flexibility index (Phi) is 4.44. The van der Waals surface area contributed by atoms with Crippen molar-refractivity contribution in [3.63, 3.8) is 0 Å². The van der Waals surface area contributed by atoms with Crippen molar-refractivity contribution in [2.24, 2.45) is 0 Å². The number of nitrogens with zero attached hydrogens (tertiary/aromatic N) is 3. The zero-order valence-electron chi connectivity index (χ0n) is 14.6. The maximum absolute atomic E-state index is 13.0. The third kappa shape index (κ3) is 3.39. The van der Waals surface area contributed by atoms with Crippen LogP contribution in [0.2, 0.25) is 0 Å². The van der Waals surface area contributed by atoms with E-state index in [9.17, 15) is 4.79 Å². The van der Waals surface area contributed by atoms with Gasteiger partial charge >= 0.3 is 0 Å². The summed E-state index contributed by atoms with van der Waals surface area (Å²) in [5.41, 5.74) is 4.07. The van der Waals surface area contributed by atoms with Gasteiger partial charge in [-0.2, -0.15) is 0 Å². The quantitative estimate of drug-likeness (QED) is 0.929. The SMILES string of the molecule is Cc1cc(CN2CCN(C(=O)c3cccc4c3CCCN4)CC2)on1. The van der Waals surface area contributed by atoms with Crippen LogP contribution in [0, 0.1) is 6.92 Å². The van der Waals surface area contributed by atoms with Gasteiger partial charge in [-0.3, -0.25) is 9.69 Å². The third-order valence-corrected chi connectivity index (χ3v) is 5.04. The first-order valence-electron chi connectivity index (χ1n) is 9.00. The largest absolute Gasteiger partial charge is 0.385 e. The molecule has 6 heteroatoms. The maximum atomic E-state index is 13.0. The van der Waals surface area contributed by atoms with E-state index < -0.39 is 0 Å². The predicted molar refractivity (Wildman–Crippen MR) is 95.7 cm³/mol. The summed E-state index contributed by atoms with van der Waals surface area (Å²) in [6, 6.07) is 7.99. The van der Waals surface area contributed by atoms with Crippen LogP contribution in [0.5, 0.6) is 0 Å². The molecule has 2 aliphatic rings. The molecule has 2 aliphatic heterocycles. The Morgan fingerprint density at radius 1 is 1.28 bits per heavy atom. The van der Waals surface area contributed by atoms with Gasteiger partial charge in [-0.1, -0.05) is 11.2 Å². The molecule has 2 aromatic rings. The van der Waals surface area contributed by atoms with Gasteiger partial charge in [0.15, 0.2) is 5.76 Å². The van der Waals surface area contributed by atoms with E-state index in [0.717, 1.165) is 74.8 Å². The van der Waals surface area contributed by atoms with Gasteiger partial charge in [0.2, 0.25) is 0 Å². The van der Waals surface area contributed by atoms with Crippen molar-refractivity contribution in [1.82, 2.24) is 15.0 Å². The molecule has 1 saturated heterocycles. The number of aryl methyl sites for hydroxylation is 1. The molecule has 1 aromatic carbocycles. The summed E-state index contributed by atoms with van der Waals surface area (Å²) in [6.07, 6.45) is 2.07. The van der Waals surface area contributed by atoms with Crippen LogP contribution in [-0.4, -0.2) is 53.6 Å². The zero-order chi connectivity index (χ0) is 17.2. The molecule has 0 unspecified atom stereocenters. The number of carbonyl (C=O) groups is 1. The molecule has 3 heterocycles. The molecule has 0 atom stereocenters. The molecule has 25 heavy (non-hydrogen) atoms. The number of amides is 1. The minimum atomic E-state index is 0.163. The Balaban J connectivity index is 1.40. The van der Waals surface area contributed by atoms with E-state index in [1.165, 1.54) is 5.56 Å². The van der Waals surface area contributed by atoms with E-state index in [1.807, 2.05) is 30.0 Å². The van der Waals surface area contributed by atoms with Crippen LogP contribution in [0.1, 0.15) is 33.8 Å². The van der Waals surface area contributed by atoms with Crippen molar-refractivity contribution < 1.29 is 9.32 Å². The molecule has 1 amide bonds. The molecule has 0 radical (unpaired) electrons. The number of anilines is 1. The van der Waals surface area contributed by atoms with Gasteiger partial charge in [0, 0.05) is 50.0 Å². The van der Waals surface area contributed by atoms with Gasteiger partial charge in [-0.05, 0) is 37.5 Å². The van der Waals surface area contributed by atoms with Crippen LogP contribution in [0.15, 0.2) is 28.8 Å². The highest BCUT2D eigenvalue weighted by Gasteiger charge is 2.25. The van der Waals surface area contributed by atoms with Crippen LogP contribution in [-0.2, 0) is 13.0 Å². The average Bonchev–Trinajstić information content (AvgIpc) is 3.06. The lowest BCUT2D eigenvalue weighted by Gasteiger charge is -2.35. The standard InChI is InChI=1S/C19H24N4O2/c1-14-12-15(25-21-14)13-22-8-10-23(11-9-22)19(24)17-4-2-6-18-16(17)5-3-7-20-18/h2,4,6,12,20H,3,5,7-11,13H2,1H3. The van der Waals surface area contributed by atoms with Gasteiger partial charge in [0.05, 0.1) is 12.2 Å². The number of benzene rings is 1.